The fraction of sp³-hybridized carbons (Fsp3) is 0.133. The molecule has 0 fully saturated rings. The Morgan fingerprint density at radius 1 is 0.909 bits per heavy atom. The lowest BCUT2D eigenvalue weighted by Crippen LogP contribution is -2.29. The van der Waals surface area contributed by atoms with E-state index in [1.807, 2.05) is 18.2 Å². The summed E-state index contributed by atoms with van der Waals surface area (Å²) in [7, 11) is 0. The highest BCUT2D eigenvalue weighted by Gasteiger charge is 2.08. The van der Waals surface area contributed by atoms with Gasteiger partial charge < -0.3 is 10.6 Å². The third-order valence-electron chi connectivity index (χ3n) is 2.88. The van der Waals surface area contributed by atoms with Crippen LogP contribution in [0.4, 0.5) is 5.69 Å². The maximum absolute atomic E-state index is 11.8. The molecule has 0 atom stereocenters. The number of benzene rings is 2. The maximum atomic E-state index is 11.8. The van der Waals surface area contributed by atoms with Gasteiger partial charge in [-0.25, -0.2) is 0 Å². The lowest BCUT2D eigenvalue weighted by atomic mass is 10.2. The highest BCUT2D eigenvalue weighted by Crippen LogP contribution is 2.32. The van der Waals surface area contributed by atoms with Crippen molar-refractivity contribution >= 4 is 58.0 Å². The first kappa shape index (κ1) is 17.2. The first-order chi connectivity index (χ1) is 10.5. The van der Waals surface area contributed by atoms with Crippen LogP contribution in [0.25, 0.3) is 0 Å². The molecule has 116 valence electrons. The van der Waals surface area contributed by atoms with E-state index >= 15 is 0 Å². The molecule has 0 aromatic heterocycles. The number of hydrogen-bond acceptors (Lipinski definition) is 2. The van der Waals surface area contributed by atoms with Gasteiger partial charge in [0.15, 0.2) is 0 Å². The molecule has 22 heavy (non-hydrogen) atoms. The zero-order chi connectivity index (χ0) is 16.1. The molecule has 0 aliphatic heterocycles. The second-order valence-electron chi connectivity index (χ2n) is 4.47. The second kappa shape index (κ2) is 7.93. The zero-order valence-electron chi connectivity index (χ0n) is 11.3. The van der Waals surface area contributed by atoms with Gasteiger partial charge in [0.1, 0.15) is 0 Å². The summed E-state index contributed by atoms with van der Waals surface area (Å²) >= 11 is 23.8. The first-order valence-electron chi connectivity index (χ1n) is 6.36. The molecule has 2 aromatic carbocycles. The van der Waals surface area contributed by atoms with Crippen LogP contribution in [0.5, 0.6) is 0 Å². The van der Waals surface area contributed by atoms with E-state index < -0.39 is 0 Å². The third-order valence-corrected chi connectivity index (χ3v) is 4.29. The predicted octanol–water partition coefficient (Wildman–Crippen LogP) is 5.03. The molecule has 3 nitrogen and oxygen atoms in total. The zero-order valence-corrected chi connectivity index (χ0v) is 14.3. The Balaban J connectivity index is 1.88. The normalized spacial score (nSPS) is 10.4. The molecule has 0 aliphatic carbocycles. The molecule has 0 bridgehead atoms. The third kappa shape index (κ3) is 4.68. The molecular formula is C15H12Cl4N2O. The number of amides is 1. The Morgan fingerprint density at radius 3 is 2.32 bits per heavy atom. The molecule has 0 saturated carbocycles. The van der Waals surface area contributed by atoms with Crippen molar-refractivity contribution < 1.29 is 4.79 Å². The number of carbonyl (C=O) groups is 1. The standard InChI is InChI=1S/C15H12Cl4N2O/c16-10-4-2-1-3-9(10)7-21-15(22)8-20-14-6-12(18)11(17)5-13(14)19/h1-6,20H,7-8H2,(H,21,22). The van der Waals surface area contributed by atoms with E-state index in [4.69, 9.17) is 46.4 Å². The summed E-state index contributed by atoms with van der Waals surface area (Å²) < 4.78 is 0. The summed E-state index contributed by atoms with van der Waals surface area (Å²) in [4.78, 5) is 11.8. The van der Waals surface area contributed by atoms with Crippen molar-refractivity contribution in [2.24, 2.45) is 0 Å². The fourth-order valence-corrected chi connectivity index (χ4v) is 2.55. The van der Waals surface area contributed by atoms with Crippen LogP contribution >= 0.6 is 46.4 Å². The molecule has 2 N–H and O–H groups in total. The van der Waals surface area contributed by atoms with Crippen LogP contribution in [-0.2, 0) is 11.3 Å². The van der Waals surface area contributed by atoms with Crippen molar-refractivity contribution in [1.82, 2.24) is 5.32 Å². The van der Waals surface area contributed by atoms with Gasteiger partial charge in [-0.3, -0.25) is 4.79 Å². The minimum Gasteiger partial charge on any atom is -0.375 e. The molecule has 1 amide bonds. The quantitative estimate of drug-likeness (QED) is 0.717. The van der Waals surface area contributed by atoms with E-state index in [2.05, 4.69) is 10.6 Å². The van der Waals surface area contributed by atoms with Crippen LogP contribution in [0, 0.1) is 0 Å². The molecule has 0 spiro atoms. The van der Waals surface area contributed by atoms with Crippen molar-refractivity contribution in [1.29, 1.82) is 0 Å². The van der Waals surface area contributed by atoms with Crippen LogP contribution in [0.3, 0.4) is 0 Å². The lowest BCUT2D eigenvalue weighted by molar-refractivity contribution is -0.119. The number of carbonyl (C=O) groups excluding carboxylic acids is 1. The minimum absolute atomic E-state index is 0.0577. The highest BCUT2D eigenvalue weighted by atomic mass is 35.5. The monoisotopic (exact) mass is 376 g/mol. The van der Waals surface area contributed by atoms with E-state index in [9.17, 15) is 4.79 Å². The van der Waals surface area contributed by atoms with Gasteiger partial charge in [-0.2, -0.15) is 0 Å². The van der Waals surface area contributed by atoms with Crippen molar-refractivity contribution in [3.05, 3.63) is 62.1 Å². The average Bonchev–Trinajstić information content (AvgIpc) is 2.49. The summed E-state index contributed by atoms with van der Waals surface area (Å²) in [6, 6.07) is 10.4. The molecule has 7 heteroatoms. The average molecular weight is 378 g/mol. The topological polar surface area (TPSA) is 41.1 Å². The Labute approximate surface area is 148 Å². The highest BCUT2D eigenvalue weighted by molar-refractivity contribution is 6.44. The number of halogens is 4. The van der Waals surface area contributed by atoms with E-state index in [1.54, 1.807) is 12.1 Å². The minimum atomic E-state index is -0.193. The Hall–Kier alpha value is -1.13. The summed E-state index contributed by atoms with van der Waals surface area (Å²) in [6.45, 7) is 0.414. The van der Waals surface area contributed by atoms with Gasteiger partial charge in [-0.05, 0) is 23.8 Å². The Bertz CT molecular complexity index is 691. The Morgan fingerprint density at radius 2 is 1.59 bits per heavy atom. The number of rotatable bonds is 5. The summed E-state index contributed by atoms with van der Waals surface area (Å²) in [5.41, 5.74) is 1.40. The number of hydrogen-bond donors (Lipinski definition) is 2. The molecule has 0 heterocycles. The summed E-state index contributed by atoms with van der Waals surface area (Å²) in [5.74, 6) is -0.193. The van der Waals surface area contributed by atoms with Crippen LogP contribution in [0.15, 0.2) is 36.4 Å². The van der Waals surface area contributed by atoms with Gasteiger partial charge in [0, 0.05) is 11.6 Å². The second-order valence-corrected chi connectivity index (χ2v) is 6.10. The van der Waals surface area contributed by atoms with Crippen LogP contribution in [0.1, 0.15) is 5.56 Å². The molecule has 2 rings (SSSR count). The molecule has 0 aliphatic rings. The van der Waals surface area contributed by atoms with E-state index in [0.717, 1.165) is 5.56 Å². The van der Waals surface area contributed by atoms with Crippen molar-refractivity contribution in [3.63, 3.8) is 0 Å². The number of anilines is 1. The summed E-state index contributed by atoms with van der Waals surface area (Å²) in [6.07, 6.45) is 0. The smallest absolute Gasteiger partial charge is 0.239 e. The SMILES string of the molecule is O=C(CNc1cc(Cl)c(Cl)cc1Cl)NCc1ccccc1Cl. The molecule has 0 radical (unpaired) electrons. The number of nitrogens with one attached hydrogen (secondary N) is 2. The molecular weight excluding hydrogens is 366 g/mol. The van der Waals surface area contributed by atoms with Gasteiger partial charge in [-0.1, -0.05) is 64.6 Å². The predicted molar refractivity (Wildman–Crippen MR) is 93.3 cm³/mol. The van der Waals surface area contributed by atoms with Crippen LogP contribution in [-0.4, -0.2) is 12.5 Å². The molecule has 2 aromatic rings. The van der Waals surface area contributed by atoms with Gasteiger partial charge in [0.05, 0.1) is 27.3 Å². The van der Waals surface area contributed by atoms with E-state index in [-0.39, 0.29) is 12.5 Å². The van der Waals surface area contributed by atoms with Crippen LogP contribution < -0.4 is 10.6 Å². The Kier molecular flexibility index (Phi) is 6.21. The lowest BCUT2D eigenvalue weighted by Gasteiger charge is -2.11. The molecule has 0 saturated heterocycles. The maximum Gasteiger partial charge on any atom is 0.239 e. The van der Waals surface area contributed by atoms with Crippen molar-refractivity contribution in [3.8, 4) is 0 Å². The largest absolute Gasteiger partial charge is 0.375 e. The summed E-state index contributed by atoms with van der Waals surface area (Å²) in [5, 5.41) is 7.42. The first-order valence-corrected chi connectivity index (χ1v) is 7.87. The van der Waals surface area contributed by atoms with Crippen molar-refractivity contribution in [2.75, 3.05) is 11.9 Å². The van der Waals surface area contributed by atoms with Gasteiger partial charge in [0.2, 0.25) is 5.91 Å². The van der Waals surface area contributed by atoms with E-state index in [1.165, 1.54) is 6.07 Å². The molecule has 0 unspecified atom stereocenters. The van der Waals surface area contributed by atoms with Gasteiger partial charge in [-0.15, -0.1) is 0 Å². The van der Waals surface area contributed by atoms with Crippen molar-refractivity contribution in [2.45, 2.75) is 6.54 Å². The van der Waals surface area contributed by atoms with Gasteiger partial charge in [0.25, 0.3) is 0 Å². The fourth-order valence-electron chi connectivity index (χ4n) is 1.73. The van der Waals surface area contributed by atoms with E-state index in [0.29, 0.717) is 32.3 Å². The van der Waals surface area contributed by atoms with Gasteiger partial charge >= 0.3 is 0 Å². The van der Waals surface area contributed by atoms with Crippen LogP contribution in [0.2, 0.25) is 20.1 Å².